The maximum Gasteiger partial charge on any atom is 0.316 e. The molecule has 0 amide bonds. The van der Waals surface area contributed by atoms with E-state index in [1.807, 2.05) is 69.3 Å². The van der Waals surface area contributed by atoms with E-state index in [0.29, 0.717) is 17.7 Å². The highest BCUT2D eigenvalue weighted by atomic mass is 16.5. The van der Waals surface area contributed by atoms with Gasteiger partial charge in [-0.3, -0.25) is 9.59 Å². The van der Waals surface area contributed by atoms with E-state index in [9.17, 15) is 9.59 Å². The van der Waals surface area contributed by atoms with E-state index >= 15 is 0 Å². The highest BCUT2D eigenvalue weighted by molar-refractivity contribution is 6.11. The molecule has 2 aromatic carbocycles. The third-order valence-electron chi connectivity index (χ3n) is 5.82. The Bertz CT molecular complexity index is 1040. The van der Waals surface area contributed by atoms with Gasteiger partial charge in [0.25, 0.3) is 0 Å². The number of methoxy groups -OCH3 is 1. The van der Waals surface area contributed by atoms with Crippen molar-refractivity contribution in [2.75, 3.05) is 17.7 Å². The molecule has 0 fully saturated rings. The van der Waals surface area contributed by atoms with E-state index in [-0.39, 0.29) is 17.8 Å². The van der Waals surface area contributed by atoms with Gasteiger partial charge in [0, 0.05) is 16.8 Å². The van der Waals surface area contributed by atoms with Gasteiger partial charge in [-0.05, 0) is 44.4 Å². The number of ether oxygens (including phenoxy) is 2. The third-order valence-corrected chi connectivity index (χ3v) is 5.82. The van der Waals surface area contributed by atoms with Crippen LogP contribution in [0.3, 0.4) is 0 Å². The van der Waals surface area contributed by atoms with Crippen molar-refractivity contribution >= 4 is 23.1 Å². The number of carbonyl (C=O) groups is 2. The molecular weight excluding hydrogens is 392 g/mol. The summed E-state index contributed by atoms with van der Waals surface area (Å²) >= 11 is 0. The molecule has 6 nitrogen and oxygen atoms in total. The van der Waals surface area contributed by atoms with E-state index in [0.717, 1.165) is 22.6 Å². The summed E-state index contributed by atoms with van der Waals surface area (Å²) in [7, 11) is 1.33. The number of hydrogen-bond donors (Lipinski definition) is 2. The molecule has 31 heavy (non-hydrogen) atoms. The molecule has 2 N–H and O–H groups in total. The predicted octanol–water partition coefficient (Wildman–Crippen LogP) is 4.70. The van der Waals surface area contributed by atoms with Crippen molar-refractivity contribution in [2.45, 2.75) is 39.3 Å². The van der Waals surface area contributed by atoms with Gasteiger partial charge in [-0.2, -0.15) is 0 Å². The highest BCUT2D eigenvalue weighted by Gasteiger charge is 2.44. The van der Waals surface area contributed by atoms with E-state index in [2.05, 4.69) is 10.6 Å². The Morgan fingerprint density at radius 2 is 1.74 bits per heavy atom. The first-order valence-corrected chi connectivity index (χ1v) is 10.6. The van der Waals surface area contributed by atoms with Crippen molar-refractivity contribution in [3.8, 4) is 5.75 Å². The first-order valence-electron chi connectivity index (χ1n) is 10.6. The lowest BCUT2D eigenvalue weighted by Crippen LogP contribution is -2.39. The summed E-state index contributed by atoms with van der Waals surface area (Å²) in [6.45, 7) is 5.86. The largest absolute Gasteiger partial charge is 0.491 e. The first-order chi connectivity index (χ1) is 14.9. The number of para-hydroxylation sites is 3. The van der Waals surface area contributed by atoms with Gasteiger partial charge in [0.2, 0.25) is 0 Å². The fourth-order valence-electron chi connectivity index (χ4n) is 4.45. The monoisotopic (exact) mass is 420 g/mol. The minimum atomic E-state index is -0.825. The average molecular weight is 421 g/mol. The van der Waals surface area contributed by atoms with Gasteiger partial charge in [0.05, 0.1) is 30.6 Å². The fraction of sp³-hybridized carbons (Fsp3) is 0.360. The van der Waals surface area contributed by atoms with E-state index in [1.54, 1.807) is 0 Å². The lowest BCUT2D eigenvalue weighted by Gasteiger charge is -2.33. The second kappa shape index (κ2) is 8.46. The number of hydrogen-bond acceptors (Lipinski definition) is 6. The van der Waals surface area contributed by atoms with Crippen molar-refractivity contribution in [3.63, 3.8) is 0 Å². The second-order valence-electron chi connectivity index (χ2n) is 8.39. The van der Waals surface area contributed by atoms with Crippen LogP contribution >= 0.6 is 0 Å². The van der Waals surface area contributed by atoms with Crippen LogP contribution in [-0.2, 0) is 14.3 Å². The van der Waals surface area contributed by atoms with Crippen LogP contribution in [0.2, 0.25) is 0 Å². The third kappa shape index (κ3) is 3.90. The predicted molar refractivity (Wildman–Crippen MR) is 120 cm³/mol. The number of anilines is 2. The summed E-state index contributed by atoms with van der Waals surface area (Å²) < 4.78 is 11.0. The zero-order chi connectivity index (χ0) is 22.1. The van der Waals surface area contributed by atoms with Gasteiger partial charge in [-0.1, -0.05) is 37.3 Å². The Hall–Kier alpha value is -3.28. The molecule has 4 rings (SSSR count). The van der Waals surface area contributed by atoms with Gasteiger partial charge >= 0.3 is 5.97 Å². The van der Waals surface area contributed by atoms with Gasteiger partial charge in [0.15, 0.2) is 5.78 Å². The Kier molecular flexibility index (Phi) is 5.72. The summed E-state index contributed by atoms with van der Waals surface area (Å²) in [5.74, 6) is -0.982. The van der Waals surface area contributed by atoms with Crippen LogP contribution in [0.4, 0.5) is 11.4 Å². The van der Waals surface area contributed by atoms with Crippen LogP contribution in [-0.4, -0.2) is 25.0 Å². The average Bonchev–Trinajstić information content (AvgIpc) is 2.90. The lowest BCUT2D eigenvalue weighted by molar-refractivity contribution is -0.151. The van der Waals surface area contributed by atoms with Crippen LogP contribution in [0.5, 0.6) is 5.75 Å². The minimum Gasteiger partial charge on any atom is -0.491 e. The molecule has 0 bridgehead atoms. The summed E-state index contributed by atoms with van der Waals surface area (Å²) in [6, 6.07) is 15.1. The highest BCUT2D eigenvalue weighted by Crippen LogP contribution is 2.45. The summed E-state index contributed by atoms with van der Waals surface area (Å²) in [6.07, 6.45) is 0.552. The Morgan fingerprint density at radius 1 is 1.06 bits per heavy atom. The number of allylic oxidation sites excluding steroid dienone is 1. The standard InChI is InChI=1S/C25H28N2O4/c1-14(2)31-20-12-8-5-9-16(20)23-22-19(26-17-10-6-7-11-18(17)27-23)13-15(3)21(24(22)28)25(29)30-4/h5-12,14-15,21,23,26-27H,13H2,1-4H3/t15-,21-,23-/m1/s1. The molecule has 0 radical (unpaired) electrons. The topological polar surface area (TPSA) is 76.7 Å². The molecule has 0 spiro atoms. The molecule has 0 unspecified atom stereocenters. The molecule has 1 aliphatic heterocycles. The quantitative estimate of drug-likeness (QED) is 0.551. The van der Waals surface area contributed by atoms with Crippen LogP contribution in [0.25, 0.3) is 0 Å². The molecule has 6 heteroatoms. The Morgan fingerprint density at radius 3 is 2.45 bits per heavy atom. The SMILES string of the molecule is COC(=O)[C@H]1C(=O)C2=C(C[C@H]1C)Nc1ccccc1N[C@@H]2c1ccccc1OC(C)C. The summed E-state index contributed by atoms with van der Waals surface area (Å²) in [5, 5.41) is 7.00. The maximum absolute atomic E-state index is 13.7. The smallest absolute Gasteiger partial charge is 0.316 e. The zero-order valence-corrected chi connectivity index (χ0v) is 18.3. The number of rotatable bonds is 4. The number of Topliss-reactive ketones (excluding diaryl/α,β-unsaturated/α-hetero) is 1. The number of ketones is 1. The molecule has 1 aliphatic carbocycles. The molecular formula is C25H28N2O4. The van der Waals surface area contributed by atoms with Crippen molar-refractivity contribution in [1.29, 1.82) is 0 Å². The van der Waals surface area contributed by atoms with E-state index < -0.39 is 17.9 Å². The van der Waals surface area contributed by atoms with Crippen LogP contribution in [0.15, 0.2) is 59.8 Å². The van der Waals surface area contributed by atoms with Gasteiger partial charge in [-0.25, -0.2) is 0 Å². The van der Waals surface area contributed by atoms with Crippen LogP contribution < -0.4 is 15.4 Å². The first kappa shape index (κ1) is 21.0. The molecule has 0 saturated carbocycles. The molecule has 2 aliphatic rings. The molecule has 0 saturated heterocycles. The summed E-state index contributed by atoms with van der Waals surface area (Å²) in [5.41, 5.74) is 4.03. The Balaban J connectivity index is 1.89. The van der Waals surface area contributed by atoms with E-state index in [1.165, 1.54) is 7.11 Å². The van der Waals surface area contributed by atoms with Crippen molar-refractivity contribution in [3.05, 3.63) is 65.4 Å². The maximum atomic E-state index is 13.7. The second-order valence-corrected chi connectivity index (χ2v) is 8.39. The van der Waals surface area contributed by atoms with Crippen molar-refractivity contribution in [1.82, 2.24) is 0 Å². The number of benzene rings is 2. The molecule has 2 aromatic rings. The van der Waals surface area contributed by atoms with Crippen molar-refractivity contribution in [2.24, 2.45) is 11.8 Å². The molecule has 1 heterocycles. The van der Waals surface area contributed by atoms with Gasteiger partial charge in [-0.15, -0.1) is 0 Å². The van der Waals surface area contributed by atoms with Crippen molar-refractivity contribution < 1.29 is 19.1 Å². The van der Waals surface area contributed by atoms with Crippen LogP contribution in [0.1, 0.15) is 38.8 Å². The Labute approximate surface area is 182 Å². The number of fused-ring (bicyclic) bond motifs is 1. The normalized spacial score (nSPS) is 22.6. The molecule has 3 atom stereocenters. The number of esters is 1. The summed E-state index contributed by atoms with van der Waals surface area (Å²) in [4.78, 5) is 26.2. The van der Waals surface area contributed by atoms with E-state index in [4.69, 9.17) is 9.47 Å². The fourth-order valence-corrected chi connectivity index (χ4v) is 4.45. The molecule has 0 aromatic heterocycles. The zero-order valence-electron chi connectivity index (χ0n) is 18.3. The lowest BCUT2D eigenvalue weighted by atomic mass is 9.74. The number of carbonyl (C=O) groups excluding carboxylic acids is 2. The minimum absolute atomic E-state index is 0.0179. The van der Waals surface area contributed by atoms with Crippen LogP contribution in [0, 0.1) is 11.8 Å². The number of nitrogens with one attached hydrogen (secondary N) is 2. The van der Waals surface area contributed by atoms with Gasteiger partial charge < -0.3 is 20.1 Å². The molecule has 162 valence electrons. The van der Waals surface area contributed by atoms with Gasteiger partial charge in [0.1, 0.15) is 11.7 Å².